The van der Waals surface area contributed by atoms with Crippen LogP contribution >= 0.6 is 0 Å². The van der Waals surface area contributed by atoms with Crippen molar-refractivity contribution in [2.24, 2.45) is 7.05 Å². The second kappa shape index (κ2) is 8.33. The Morgan fingerprint density at radius 2 is 1.75 bits per heavy atom. The lowest BCUT2D eigenvalue weighted by atomic mass is 10.1. The molecule has 0 saturated carbocycles. The van der Waals surface area contributed by atoms with Crippen molar-refractivity contribution in [1.29, 1.82) is 0 Å². The number of hydrogen-bond donors (Lipinski definition) is 1. The summed E-state index contributed by atoms with van der Waals surface area (Å²) in [5.74, 6) is -2.32. The topological polar surface area (TPSA) is 64.7 Å². The Kier molecular flexibility index (Phi) is 5.56. The fourth-order valence-electron chi connectivity index (χ4n) is 3.58. The minimum absolute atomic E-state index is 0.0325. The minimum Gasteiger partial charge on any atom is -0.345 e. The lowest BCUT2D eigenvalue weighted by molar-refractivity contribution is 0.0940. The number of amides is 1. The number of carbonyl (C=O) groups is 1. The van der Waals surface area contributed by atoms with E-state index in [1.165, 1.54) is 29.1 Å². The Bertz CT molecular complexity index is 1290. The lowest BCUT2D eigenvalue weighted by Crippen LogP contribution is -2.27. The first-order chi connectivity index (χ1) is 15.2. The predicted molar refractivity (Wildman–Crippen MR) is 113 cm³/mol. The summed E-state index contributed by atoms with van der Waals surface area (Å²) in [7, 11) is 1.61. The smallest absolute Gasteiger partial charge is 0.255 e. The van der Waals surface area contributed by atoms with Gasteiger partial charge in [0.2, 0.25) is 0 Å². The summed E-state index contributed by atoms with van der Waals surface area (Å²) in [6.07, 6.45) is 3.11. The summed E-state index contributed by atoms with van der Waals surface area (Å²) in [5.41, 5.74) is 2.54. The van der Waals surface area contributed by atoms with Crippen LogP contribution in [0.3, 0.4) is 0 Å². The van der Waals surface area contributed by atoms with Gasteiger partial charge in [-0.15, -0.1) is 0 Å². The number of halogens is 3. The zero-order valence-corrected chi connectivity index (χ0v) is 17.6. The molecule has 4 aromatic rings. The van der Waals surface area contributed by atoms with Gasteiger partial charge in [0.1, 0.15) is 23.1 Å². The fraction of sp³-hybridized carbons (Fsp3) is 0.174. The van der Waals surface area contributed by atoms with E-state index in [0.29, 0.717) is 5.69 Å². The van der Waals surface area contributed by atoms with Gasteiger partial charge in [0.05, 0.1) is 23.5 Å². The molecule has 0 aliphatic rings. The van der Waals surface area contributed by atoms with Crippen LogP contribution in [-0.2, 0) is 7.05 Å². The summed E-state index contributed by atoms with van der Waals surface area (Å²) < 4.78 is 43.9. The van der Waals surface area contributed by atoms with E-state index in [2.05, 4.69) is 15.5 Å². The predicted octanol–water partition coefficient (Wildman–Crippen LogP) is 4.49. The minimum atomic E-state index is -0.804. The highest BCUT2D eigenvalue weighted by atomic mass is 19.1. The number of aromatic nitrogens is 4. The maximum Gasteiger partial charge on any atom is 0.255 e. The van der Waals surface area contributed by atoms with Crippen molar-refractivity contribution >= 4 is 5.91 Å². The molecule has 2 heterocycles. The summed E-state index contributed by atoms with van der Waals surface area (Å²) >= 11 is 0. The van der Waals surface area contributed by atoms with Crippen molar-refractivity contribution in [2.75, 3.05) is 0 Å². The molecule has 0 aliphatic heterocycles. The molecule has 1 atom stereocenters. The molecule has 0 bridgehead atoms. The van der Waals surface area contributed by atoms with E-state index in [-0.39, 0.29) is 22.6 Å². The maximum atomic E-state index is 14.3. The highest BCUT2D eigenvalue weighted by Crippen LogP contribution is 2.27. The number of nitrogens with zero attached hydrogens (tertiary/aromatic N) is 4. The van der Waals surface area contributed by atoms with Crippen molar-refractivity contribution in [2.45, 2.75) is 19.9 Å². The van der Waals surface area contributed by atoms with Crippen LogP contribution in [0, 0.1) is 24.4 Å². The average Bonchev–Trinajstić information content (AvgIpc) is 3.31. The molecule has 1 amide bonds. The number of aryl methyl sites for hydroxylation is 1. The van der Waals surface area contributed by atoms with Crippen LogP contribution in [0.1, 0.15) is 34.6 Å². The first kappa shape index (κ1) is 21.4. The molecule has 0 aliphatic carbocycles. The van der Waals surface area contributed by atoms with Crippen LogP contribution in [-0.4, -0.2) is 25.5 Å². The lowest BCUT2D eigenvalue weighted by Gasteiger charge is -2.14. The molecule has 1 N–H and O–H groups in total. The Balaban J connectivity index is 1.60. The molecular formula is C23H20F3N5O. The molecular weight excluding hydrogens is 419 g/mol. The van der Waals surface area contributed by atoms with Crippen LogP contribution in [0.2, 0.25) is 0 Å². The third-order valence-corrected chi connectivity index (χ3v) is 5.19. The Hall–Kier alpha value is -3.88. The van der Waals surface area contributed by atoms with E-state index in [9.17, 15) is 18.0 Å². The van der Waals surface area contributed by atoms with Crippen LogP contribution in [0.5, 0.6) is 0 Å². The van der Waals surface area contributed by atoms with Crippen LogP contribution < -0.4 is 5.32 Å². The Labute approximate surface area is 182 Å². The largest absolute Gasteiger partial charge is 0.345 e. The third kappa shape index (κ3) is 4.01. The maximum absolute atomic E-state index is 14.3. The van der Waals surface area contributed by atoms with E-state index in [0.717, 1.165) is 23.4 Å². The molecule has 0 radical (unpaired) electrons. The standard InChI is InChI=1S/C23H20F3N5O/c1-13(19-11-27-31(14(19)2)17-7-4-15(24)5-8-17)28-23(32)20-12-30(3)29-22(20)18-9-6-16(25)10-21(18)26/h4-13H,1-3H3,(H,28,32). The average molecular weight is 439 g/mol. The molecule has 1 unspecified atom stereocenters. The molecule has 0 fully saturated rings. The van der Waals surface area contributed by atoms with Crippen LogP contribution in [0.15, 0.2) is 54.9 Å². The molecule has 6 nitrogen and oxygen atoms in total. The van der Waals surface area contributed by atoms with Gasteiger partial charge in [-0.25, -0.2) is 17.9 Å². The van der Waals surface area contributed by atoms with Crippen molar-refractivity contribution < 1.29 is 18.0 Å². The normalized spacial score (nSPS) is 12.1. The van der Waals surface area contributed by atoms with Gasteiger partial charge in [-0.3, -0.25) is 9.48 Å². The van der Waals surface area contributed by atoms with Gasteiger partial charge < -0.3 is 5.32 Å². The summed E-state index contributed by atoms with van der Waals surface area (Å²) in [6, 6.07) is 8.61. The molecule has 32 heavy (non-hydrogen) atoms. The van der Waals surface area contributed by atoms with Crippen LogP contribution in [0.4, 0.5) is 13.2 Å². The zero-order chi connectivity index (χ0) is 23.0. The van der Waals surface area contributed by atoms with Gasteiger partial charge in [-0.1, -0.05) is 0 Å². The van der Waals surface area contributed by atoms with E-state index >= 15 is 0 Å². The Morgan fingerprint density at radius 1 is 1.06 bits per heavy atom. The Morgan fingerprint density at radius 3 is 2.44 bits per heavy atom. The highest BCUT2D eigenvalue weighted by Gasteiger charge is 2.23. The number of carbonyl (C=O) groups excluding carboxylic acids is 1. The SMILES string of the molecule is Cc1c(C(C)NC(=O)c2cn(C)nc2-c2ccc(F)cc2F)cnn1-c1ccc(F)cc1. The van der Waals surface area contributed by atoms with E-state index in [1.807, 2.05) is 6.92 Å². The van der Waals surface area contributed by atoms with Crippen molar-refractivity contribution in [1.82, 2.24) is 24.9 Å². The second-order valence-corrected chi connectivity index (χ2v) is 7.46. The molecule has 0 saturated heterocycles. The fourth-order valence-corrected chi connectivity index (χ4v) is 3.58. The molecule has 2 aromatic heterocycles. The molecule has 0 spiro atoms. The van der Waals surface area contributed by atoms with E-state index < -0.39 is 23.6 Å². The molecule has 2 aromatic carbocycles. The summed E-state index contributed by atoms with van der Waals surface area (Å²) in [4.78, 5) is 13.0. The van der Waals surface area contributed by atoms with Gasteiger partial charge in [-0.05, 0) is 50.2 Å². The van der Waals surface area contributed by atoms with Gasteiger partial charge in [0, 0.05) is 36.1 Å². The third-order valence-electron chi connectivity index (χ3n) is 5.19. The van der Waals surface area contributed by atoms with Crippen molar-refractivity contribution in [3.05, 3.63) is 89.1 Å². The number of rotatable bonds is 5. The van der Waals surface area contributed by atoms with Gasteiger partial charge in [-0.2, -0.15) is 10.2 Å². The van der Waals surface area contributed by atoms with E-state index in [4.69, 9.17) is 0 Å². The van der Waals surface area contributed by atoms with E-state index in [1.54, 1.807) is 37.0 Å². The summed E-state index contributed by atoms with van der Waals surface area (Å²) in [6.45, 7) is 3.64. The van der Waals surface area contributed by atoms with Crippen molar-refractivity contribution in [3.63, 3.8) is 0 Å². The van der Waals surface area contributed by atoms with Gasteiger partial charge in [0.25, 0.3) is 5.91 Å². The first-order valence-corrected chi connectivity index (χ1v) is 9.85. The molecule has 164 valence electrons. The number of benzene rings is 2. The highest BCUT2D eigenvalue weighted by molar-refractivity contribution is 6.00. The monoisotopic (exact) mass is 439 g/mol. The van der Waals surface area contributed by atoms with Gasteiger partial charge >= 0.3 is 0 Å². The zero-order valence-electron chi connectivity index (χ0n) is 17.6. The summed E-state index contributed by atoms with van der Waals surface area (Å²) in [5, 5.41) is 11.4. The van der Waals surface area contributed by atoms with Crippen molar-refractivity contribution in [3.8, 4) is 16.9 Å². The molecule has 9 heteroatoms. The molecule has 4 rings (SSSR count). The number of nitrogens with one attached hydrogen (secondary N) is 1. The van der Waals surface area contributed by atoms with Crippen LogP contribution in [0.25, 0.3) is 16.9 Å². The van der Waals surface area contributed by atoms with Gasteiger partial charge in [0.15, 0.2) is 0 Å². The first-order valence-electron chi connectivity index (χ1n) is 9.85. The second-order valence-electron chi connectivity index (χ2n) is 7.46. The number of hydrogen-bond acceptors (Lipinski definition) is 3. The quantitative estimate of drug-likeness (QED) is 0.498.